The van der Waals surface area contributed by atoms with E-state index in [2.05, 4.69) is 26.1 Å². The van der Waals surface area contributed by atoms with E-state index in [9.17, 15) is 19.5 Å². The number of hydrogen-bond donors (Lipinski definition) is 2. The van der Waals surface area contributed by atoms with E-state index in [1.54, 1.807) is 30.3 Å². The number of nitrogens with one attached hydrogen (secondary N) is 1. The van der Waals surface area contributed by atoms with E-state index < -0.39 is 35.2 Å². The van der Waals surface area contributed by atoms with Gasteiger partial charge in [0, 0.05) is 22.7 Å². The van der Waals surface area contributed by atoms with Crippen LogP contribution in [0.4, 0.5) is 15.8 Å². The highest BCUT2D eigenvalue weighted by molar-refractivity contribution is 6.31. The zero-order valence-corrected chi connectivity index (χ0v) is 25.5. The Hall–Kier alpha value is -3.66. The summed E-state index contributed by atoms with van der Waals surface area (Å²) >= 11 is 12.6. The van der Waals surface area contributed by atoms with Gasteiger partial charge in [0.1, 0.15) is 17.0 Å². The lowest BCUT2D eigenvalue weighted by Gasteiger charge is -2.40. The van der Waals surface area contributed by atoms with Crippen molar-refractivity contribution in [2.24, 2.45) is 5.41 Å². The zero-order valence-electron chi connectivity index (χ0n) is 24.0. The number of anilines is 2. The van der Waals surface area contributed by atoms with Crippen LogP contribution in [0, 0.1) is 11.2 Å². The molecular formula is C32H30Cl2FN3O5. The molecule has 2 amide bonds. The number of hydrogen-bond acceptors (Lipinski definition) is 5. The molecule has 3 aliphatic rings. The number of carbonyl (C=O) groups excluding carboxylic acids is 2. The zero-order chi connectivity index (χ0) is 31.0. The second-order valence-corrected chi connectivity index (χ2v) is 13.3. The molecule has 3 heterocycles. The molecule has 3 aromatic rings. The molecule has 8 nitrogen and oxygen atoms in total. The van der Waals surface area contributed by atoms with Crippen LogP contribution in [0.15, 0.2) is 54.6 Å². The van der Waals surface area contributed by atoms with Gasteiger partial charge in [0.05, 0.1) is 36.1 Å². The van der Waals surface area contributed by atoms with E-state index in [1.807, 2.05) is 4.90 Å². The van der Waals surface area contributed by atoms with Gasteiger partial charge in [-0.25, -0.2) is 9.18 Å². The smallest absolute Gasteiger partial charge is 0.335 e. The number of aromatic carboxylic acids is 1. The van der Waals surface area contributed by atoms with E-state index >= 15 is 4.39 Å². The molecule has 0 aliphatic carbocycles. The topological polar surface area (TPSA) is 99.2 Å². The van der Waals surface area contributed by atoms with Crippen molar-refractivity contribution in [1.29, 1.82) is 0 Å². The van der Waals surface area contributed by atoms with Crippen molar-refractivity contribution in [2.75, 3.05) is 24.0 Å². The van der Waals surface area contributed by atoms with Crippen LogP contribution in [0.1, 0.15) is 54.6 Å². The predicted molar refractivity (Wildman–Crippen MR) is 162 cm³/mol. The third-order valence-electron chi connectivity index (χ3n) is 8.80. The number of halogens is 3. The van der Waals surface area contributed by atoms with E-state index in [0.29, 0.717) is 28.4 Å². The molecule has 43 heavy (non-hydrogen) atoms. The molecule has 6 rings (SSSR count). The number of carboxylic acid groups (broad SMARTS) is 1. The summed E-state index contributed by atoms with van der Waals surface area (Å²) in [4.78, 5) is 44.1. The highest BCUT2D eigenvalue weighted by atomic mass is 35.5. The Balaban J connectivity index is 1.60. The molecule has 4 atom stereocenters. The number of amides is 2. The lowest BCUT2D eigenvalue weighted by Crippen LogP contribution is -2.52. The summed E-state index contributed by atoms with van der Waals surface area (Å²) in [5, 5.41) is 12.8. The fourth-order valence-corrected chi connectivity index (χ4v) is 7.55. The van der Waals surface area contributed by atoms with Crippen LogP contribution in [0.2, 0.25) is 10.0 Å². The third-order valence-corrected chi connectivity index (χ3v) is 9.33. The Morgan fingerprint density at radius 2 is 1.88 bits per heavy atom. The number of carbonyl (C=O) groups is 3. The average Bonchev–Trinajstić information content (AvgIpc) is 3.52. The van der Waals surface area contributed by atoms with Crippen LogP contribution < -0.4 is 15.0 Å². The monoisotopic (exact) mass is 625 g/mol. The van der Waals surface area contributed by atoms with Gasteiger partial charge >= 0.3 is 5.97 Å². The molecule has 2 fully saturated rings. The summed E-state index contributed by atoms with van der Waals surface area (Å²) in [5.41, 5.74) is 0.0927. The van der Waals surface area contributed by atoms with Gasteiger partial charge in [0.2, 0.25) is 11.8 Å². The predicted octanol–water partition coefficient (Wildman–Crippen LogP) is 6.31. The second kappa shape index (κ2) is 10.2. The first-order chi connectivity index (χ1) is 20.3. The van der Waals surface area contributed by atoms with E-state index in [1.165, 1.54) is 36.3 Å². The van der Waals surface area contributed by atoms with Gasteiger partial charge in [0.15, 0.2) is 0 Å². The molecule has 3 aromatic carbocycles. The minimum absolute atomic E-state index is 0.00841. The molecule has 1 spiro atoms. The van der Waals surface area contributed by atoms with Gasteiger partial charge in [-0.3, -0.25) is 19.4 Å². The molecule has 2 N–H and O–H groups in total. The number of fused-ring (bicyclic) bond motifs is 3. The summed E-state index contributed by atoms with van der Waals surface area (Å²) in [6, 6.07) is 12.6. The molecule has 0 unspecified atom stereocenters. The largest absolute Gasteiger partial charge is 0.495 e. The third kappa shape index (κ3) is 4.39. The number of rotatable bonds is 5. The number of benzene rings is 3. The Labute approximate surface area is 258 Å². The summed E-state index contributed by atoms with van der Waals surface area (Å²) in [6.07, 6.45) is 0.494. The number of carboxylic acids is 1. The minimum Gasteiger partial charge on any atom is -0.495 e. The number of methoxy groups -OCH3 is 1. The maximum absolute atomic E-state index is 16.1. The normalized spacial score (nSPS) is 24.8. The van der Waals surface area contributed by atoms with E-state index in [-0.39, 0.29) is 45.8 Å². The first-order valence-electron chi connectivity index (χ1n) is 13.8. The molecule has 0 radical (unpaired) electrons. The van der Waals surface area contributed by atoms with Crippen LogP contribution >= 0.6 is 23.2 Å². The Morgan fingerprint density at radius 1 is 1.14 bits per heavy atom. The van der Waals surface area contributed by atoms with Gasteiger partial charge in [0.25, 0.3) is 0 Å². The SMILES string of the molecule is COc1cc(C(=O)O)ccc1N1CN2[C@@H](CC(C)(C)C)[C@@]3(C(=O)Nc4cc(Cl)ccc43)[C@@H](c3cccc(Cl)c3F)[C@@H]2C1=O. The lowest BCUT2D eigenvalue weighted by atomic mass is 9.62. The molecular weight excluding hydrogens is 596 g/mol. The highest BCUT2D eigenvalue weighted by Gasteiger charge is 2.71. The average molecular weight is 627 g/mol. The minimum atomic E-state index is -1.34. The van der Waals surface area contributed by atoms with E-state index in [0.717, 1.165) is 0 Å². The summed E-state index contributed by atoms with van der Waals surface area (Å²) in [5.74, 6) is -3.26. The van der Waals surface area contributed by atoms with Gasteiger partial charge in [-0.1, -0.05) is 62.2 Å². The van der Waals surface area contributed by atoms with Crippen molar-refractivity contribution in [3.63, 3.8) is 0 Å². The quantitative estimate of drug-likeness (QED) is 0.345. The second-order valence-electron chi connectivity index (χ2n) is 12.5. The van der Waals surface area contributed by atoms with Crippen LogP contribution in [-0.2, 0) is 15.0 Å². The molecule has 224 valence electrons. The first kappa shape index (κ1) is 29.4. The maximum Gasteiger partial charge on any atom is 0.335 e. The Bertz CT molecular complexity index is 1690. The van der Waals surface area contributed by atoms with Crippen LogP contribution in [-0.4, -0.2) is 53.7 Å². The molecule has 2 saturated heterocycles. The van der Waals surface area contributed by atoms with Gasteiger partial charge in [-0.05, 0) is 59.4 Å². The lowest BCUT2D eigenvalue weighted by molar-refractivity contribution is -0.122. The molecule has 0 saturated carbocycles. The fraction of sp³-hybridized carbons (Fsp3) is 0.344. The van der Waals surface area contributed by atoms with Crippen LogP contribution in [0.5, 0.6) is 5.75 Å². The highest BCUT2D eigenvalue weighted by Crippen LogP contribution is 2.62. The Kier molecular flexibility index (Phi) is 6.99. The summed E-state index contributed by atoms with van der Waals surface area (Å²) in [6.45, 7) is 6.25. The van der Waals surface area contributed by atoms with Crippen molar-refractivity contribution in [1.82, 2.24) is 4.90 Å². The molecule has 0 aromatic heterocycles. The molecule has 3 aliphatic heterocycles. The first-order valence-corrected chi connectivity index (χ1v) is 14.6. The van der Waals surface area contributed by atoms with Gasteiger partial charge in [-0.2, -0.15) is 0 Å². The van der Waals surface area contributed by atoms with Crippen molar-refractivity contribution in [3.05, 3.63) is 87.2 Å². The number of ether oxygens (including phenoxy) is 1. The van der Waals surface area contributed by atoms with E-state index in [4.69, 9.17) is 27.9 Å². The number of nitrogens with zero attached hydrogens (tertiary/aromatic N) is 2. The van der Waals surface area contributed by atoms with Crippen LogP contribution in [0.25, 0.3) is 0 Å². The van der Waals surface area contributed by atoms with Crippen molar-refractivity contribution in [2.45, 2.75) is 50.6 Å². The molecule has 0 bridgehead atoms. The summed E-state index contributed by atoms with van der Waals surface area (Å²) in [7, 11) is 1.40. The standard InChI is InChI=1S/C32H30Cl2FN3O5/c1-31(2,3)14-24-32(19-10-9-17(33)13-21(19)36-30(32)42)25(18-6-5-7-20(34)26(18)35)27-28(39)37(15-38(24)27)22-11-8-16(29(40)41)12-23(22)43-4/h5-13,24-25,27H,14-15H2,1-4H3,(H,36,42)(H,40,41)/t24-,25-,27+,32+/m0/s1. The maximum atomic E-state index is 16.1. The van der Waals surface area contributed by atoms with Gasteiger partial charge < -0.3 is 15.2 Å². The van der Waals surface area contributed by atoms with Crippen LogP contribution in [0.3, 0.4) is 0 Å². The summed E-state index contributed by atoms with van der Waals surface area (Å²) < 4.78 is 21.6. The Morgan fingerprint density at radius 3 is 2.56 bits per heavy atom. The van der Waals surface area contributed by atoms with Crippen molar-refractivity contribution < 1.29 is 28.6 Å². The van der Waals surface area contributed by atoms with Crippen molar-refractivity contribution in [3.8, 4) is 5.75 Å². The van der Waals surface area contributed by atoms with Gasteiger partial charge in [-0.15, -0.1) is 0 Å². The fourth-order valence-electron chi connectivity index (χ4n) is 7.20. The molecule has 11 heteroatoms. The van der Waals surface area contributed by atoms with Crippen molar-refractivity contribution >= 4 is 52.4 Å².